The van der Waals surface area contributed by atoms with Crippen molar-refractivity contribution in [1.29, 1.82) is 0 Å². The molecule has 1 aliphatic heterocycles. The minimum absolute atomic E-state index is 0.752. The zero-order valence-electron chi connectivity index (χ0n) is 13.8. The monoisotopic (exact) mass is 339 g/mol. The van der Waals surface area contributed by atoms with Gasteiger partial charge in [-0.05, 0) is 67.4 Å². The maximum Gasteiger partial charge on any atom is 0.134 e. The summed E-state index contributed by atoms with van der Waals surface area (Å²) in [5.74, 6) is 0.987. The highest BCUT2D eigenvalue weighted by Gasteiger charge is 2.12. The molecule has 0 aromatic heterocycles. The van der Waals surface area contributed by atoms with Gasteiger partial charge < -0.3 is 9.64 Å². The molecule has 0 unspecified atom stereocenters. The molecule has 1 fully saturated rings. The quantitative estimate of drug-likeness (QED) is 0.449. The zero-order valence-corrected chi connectivity index (χ0v) is 14.6. The highest BCUT2D eigenvalue weighted by Crippen LogP contribution is 2.36. The molecular weight excluding hydrogens is 318 g/mol. The number of ether oxygens (including phenoxy) is 1. The van der Waals surface area contributed by atoms with Crippen LogP contribution in [-0.4, -0.2) is 31.1 Å². The number of hydrogen-bond acceptors (Lipinski definition) is 2. The van der Waals surface area contributed by atoms with E-state index in [1.165, 1.54) is 36.7 Å². The fourth-order valence-electron chi connectivity index (χ4n) is 3.63. The molecule has 0 spiro atoms. The fourth-order valence-corrected chi connectivity index (χ4v) is 3.81. The standard InChI is InChI=1S/C21H22ClNO/c22-18-8-9-20-17(15-18)14-16-6-1-2-7-19(16)21(20)24-13-5-12-23-10-3-4-11-23/h1-2,6-9,14-15H,3-5,10-13H2. The summed E-state index contributed by atoms with van der Waals surface area (Å²) in [7, 11) is 0. The van der Waals surface area contributed by atoms with Gasteiger partial charge in [0.15, 0.2) is 0 Å². The van der Waals surface area contributed by atoms with Gasteiger partial charge in [-0.2, -0.15) is 0 Å². The van der Waals surface area contributed by atoms with Gasteiger partial charge in [0, 0.05) is 22.3 Å². The third kappa shape index (κ3) is 3.22. The fraction of sp³-hybridized carbons (Fsp3) is 0.333. The predicted molar refractivity (Wildman–Crippen MR) is 102 cm³/mol. The molecule has 0 radical (unpaired) electrons. The molecule has 3 aromatic rings. The van der Waals surface area contributed by atoms with Gasteiger partial charge in [-0.25, -0.2) is 0 Å². The van der Waals surface area contributed by atoms with Crippen molar-refractivity contribution in [2.75, 3.05) is 26.2 Å². The Labute approximate surface area is 148 Å². The first-order valence-corrected chi connectivity index (χ1v) is 9.15. The van der Waals surface area contributed by atoms with Crippen LogP contribution in [0.2, 0.25) is 5.02 Å². The van der Waals surface area contributed by atoms with Crippen LogP contribution >= 0.6 is 11.6 Å². The lowest BCUT2D eigenvalue weighted by Crippen LogP contribution is -2.21. The van der Waals surface area contributed by atoms with Crippen LogP contribution in [0.1, 0.15) is 19.3 Å². The Hall–Kier alpha value is -1.77. The van der Waals surface area contributed by atoms with E-state index < -0.39 is 0 Å². The molecule has 3 aromatic carbocycles. The summed E-state index contributed by atoms with van der Waals surface area (Å²) in [4.78, 5) is 2.53. The highest BCUT2D eigenvalue weighted by atomic mass is 35.5. The van der Waals surface area contributed by atoms with Crippen molar-refractivity contribution in [3.63, 3.8) is 0 Å². The molecule has 124 valence electrons. The van der Waals surface area contributed by atoms with Gasteiger partial charge in [0.25, 0.3) is 0 Å². The Morgan fingerprint density at radius 2 is 1.71 bits per heavy atom. The Kier molecular flexibility index (Phi) is 4.59. The lowest BCUT2D eigenvalue weighted by atomic mass is 10.0. The van der Waals surface area contributed by atoms with Gasteiger partial charge in [-0.1, -0.05) is 35.9 Å². The van der Waals surface area contributed by atoms with Gasteiger partial charge in [0.1, 0.15) is 5.75 Å². The molecule has 1 heterocycles. The summed E-state index contributed by atoms with van der Waals surface area (Å²) in [6.07, 6.45) is 3.75. The third-order valence-corrected chi connectivity index (χ3v) is 5.07. The lowest BCUT2D eigenvalue weighted by molar-refractivity contribution is 0.267. The minimum atomic E-state index is 0.752. The number of fused-ring (bicyclic) bond motifs is 2. The summed E-state index contributed by atoms with van der Waals surface area (Å²) in [5, 5.41) is 5.41. The van der Waals surface area contributed by atoms with E-state index >= 15 is 0 Å². The number of nitrogens with zero attached hydrogens (tertiary/aromatic N) is 1. The van der Waals surface area contributed by atoms with Crippen LogP contribution in [-0.2, 0) is 0 Å². The smallest absolute Gasteiger partial charge is 0.134 e. The van der Waals surface area contributed by atoms with E-state index in [1.54, 1.807) is 0 Å². The second-order valence-electron chi connectivity index (χ2n) is 6.54. The molecule has 0 bridgehead atoms. The zero-order chi connectivity index (χ0) is 16.4. The van der Waals surface area contributed by atoms with E-state index in [4.69, 9.17) is 16.3 Å². The van der Waals surface area contributed by atoms with Crippen molar-refractivity contribution in [2.45, 2.75) is 19.3 Å². The number of benzene rings is 3. The maximum atomic E-state index is 6.26. The second kappa shape index (κ2) is 7.00. The molecule has 24 heavy (non-hydrogen) atoms. The molecule has 2 nitrogen and oxygen atoms in total. The van der Waals surface area contributed by atoms with E-state index in [-0.39, 0.29) is 0 Å². The molecule has 0 atom stereocenters. The molecule has 0 aliphatic carbocycles. The van der Waals surface area contributed by atoms with Gasteiger partial charge >= 0.3 is 0 Å². The first-order chi connectivity index (χ1) is 11.8. The van der Waals surface area contributed by atoms with Crippen molar-refractivity contribution < 1.29 is 4.74 Å². The summed E-state index contributed by atoms with van der Waals surface area (Å²) in [5.41, 5.74) is 0. The molecule has 0 saturated carbocycles. The minimum Gasteiger partial charge on any atom is -0.492 e. The van der Waals surface area contributed by atoms with Crippen molar-refractivity contribution in [3.05, 3.63) is 53.6 Å². The summed E-state index contributed by atoms with van der Waals surface area (Å²) < 4.78 is 6.26. The van der Waals surface area contributed by atoms with Crippen LogP contribution in [0.3, 0.4) is 0 Å². The molecule has 1 aliphatic rings. The van der Waals surface area contributed by atoms with E-state index in [2.05, 4.69) is 41.3 Å². The van der Waals surface area contributed by atoms with Crippen LogP contribution in [0.4, 0.5) is 0 Å². The van der Waals surface area contributed by atoms with Gasteiger partial charge in [0.2, 0.25) is 0 Å². The second-order valence-corrected chi connectivity index (χ2v) is 6.98. The normalized spacial score (nSPS) is 15.4. The van der Waals surface area contributed by atoms with Gasteiger partial charge in [-0.3, -0.25) is 0 Å². The van der Waals surface area contributed by atoms with Crippen LogP contribution in [0.5, 0.6) is 5.75 Å². The first kappa shape index (κ1) is 15.7. The van der Waals surface area contributed by atoms with Crippen LogP contribution in [0.15, 0.2) is 48.5 Å². The SMILES string of the molecule is Clc1ccc2c(OCCCN3CCCC3)c3ccccc3cc2c1. The van der Waals surface area contributed by atoms with E-state index in [9.17, 15) is 0 Å². The van der Waals surface area contributed by atoms with E-state index in [1.807, 2.05) is 12.1 Å². The third-order valence-electron chi connectivity index (χ3n) is 4.84. The van der Waals surface area contributed by atoms with Crippen LogP contribution in [0.25, 0.3) is 21.5 Å². The Balaban J connectivity index is 1.61. The number of hydrogen-bond donors (Lipinski definition) is 0. The number of halogens is 1. The molecule has 0 amide bonds. The van der Waals surface area contributed by atoms with E-state index in [0.29, 0.717) is 0 Å². The van der Waals surface area contributed by atoms with E-state index in [0.717, 1.165) is 41.1 Å². The Morgan fingerprint density at radius 1 is 0.917 bits per heavy atom. The van der Waals surface area contributed by atoms with Crippen molar-refractivity contribution >= 4 is 33.1 Å². The van der Waals surface area contributed by atoms with Crippen molar-refractivity contribution in [2.24, 2.45) is 0 Å². The summed E-state index contributed by atoms with van der Waals surface area (Å²) in [6, 6.07) is 16.6. The molecule has 1 saturated heterocycles. The lowest BCUT2D eigenvalue weighted by Gasteiger charge is -2.16. The Morgan fingerprint density at radius 3 is 2.58 bits per heavy atom. The van der Waals surface area contributed by atoms with Crippen molar-refractivity contribution in [1.82, 2.24) is 4.90 Å². The van der Waals surface area contributed by atoms with Crippen molar-refractivity contribution in [3.8, 4) is 5.75 Å². The molecule has 0 N–H and O–H groups in total. The van der Waals surface area contributed by atoms with Crippen LogP contribution < -0.4 is 4.74 Å². The largest absolute Gasteiger partial charge is 0.492 e. The molecule has 3 heteroatoms. The van der Waals surface area contributed by atoms with Gasteiger partial charge in [-0.15, -0.1) is 0 Å². The molecular formula is C21H22ClNO. The molecule has 4 rings (SSSR count). The predicted octanol–water partition coefficient (Wildman–Crippen LogP) is 5.51. The average molecular weight is 340 g/mol. The first-order valence-electron chi connectivity index (χ1n) is 8.77. The summed E-state index contributed by atoms with van der Waals surface area (Å²) in [6.45, 7) is 4.38. The Bertz CT molecular complexity index is 855. The summed E-state index contributed by atoms with van der Waals surface area (Å²) >= 11 is 6.18. The maximum absolute atomic E-state index is 6.26. The topological polar surface area (TPSA) is 12.5 Å². The van der Waals surface area contributed by atoms with Crippen LogP contribution in [0, 0.1) is 0 Å². The average Bonchev–Trinajstić information content (AvgIpc) is 3.11. The highest BCUT2D eigenvalue weighted by molar-refractivity contribution is 6.31. The van der Waals surface area contributed by atoms with Gasteiger partial charge in [0.05, 0.1) is 6.61 Å². The number of rotatable bonds is 5. The number of likely N-dealkylation sites (tertiary alicyclic amines) is 1.